The lowest BCUT2D eigenvalue weighted by Gasteiger charge is -2.37. The van der Waals surface area contributed by atoms with Crippen molar-refractivity contribution < 1.29 is 9.59 Å². The number of carbonyl (C=O) groups excluding carboxylic acids is 2. The number of hydrogen-bond donors (Lipinski definition) is 0. The highest BCUT2D eigenvalue weighted by molar-refractivity contribution is 5.79. The number of rotatable bonds is 3. The summed E-state index contributed by atoms with van der Waals surface area (Å²) in [6, 6.07) is 1.95. The summed E-state index contributed by atoms with van der Waals surface area (Å²) in [7, 11) is 0. The number of likely N-dealkylation sites (tertiary alicyclic amines) is 2. The van der Waals surface area contributed by atoms with Gasteiger partial charge in [-0.15, -0.1) is 0 Å². The molecular weight excluding hydrogens is 292 g/mol. The third kappa shape index (κ3) is 3.92. The summed E-state index contributed by atoms with van der Waals surface area (Å²) in [4.78, 5) is 27.9. The summed E-state index contributed by atoms with van der Waals surface area (Å²) in [6.45, 7) is 5.72. The van der Waals surface area contributed by atoms with Crippen LogP contribution in [-0.4, -0.2) is 57.6 Å². The predicted molar refractivity (Wildman–Crippen MR) is 86.5 cm³/mol. The number of aromatic nitrogens is 2. The standard InChI is InChI=1S/C17H26N4O2/c1-14(22)19-11-5-16(6-12-19)17(23)20-9-3-15(4-10-20)13-21-8-2-7-18-21/h2,7-8,15-16H,3-6,9-13H2,1H3. The Bertz CT molecular complexity index is 527. The summed E-state index contributed by atoms with van der Waals surface area (Å²) in [6.07, 6.45) is 7.54. The number of carbonyl (C=O) groups is 2. The van der Waals surface area contributed by atoms with Crippen molar-refractivity contribution in [2.75, 3.05) is 26.2 Å². The van der Waals surface area contributed by atoms with E-state index in [0.717, 1.165) is 58.4 Å². The molecule has 0 bridgehead atoms. The second kappa shape index (κ2) is 7.15. The van der Waals surface area contributed by atoms with Gasteiger partial charge in [0.2, 0.25) is 11.8 Å². The molecular formula is C17H26N4O2. The van der Waals surface area contributed by atoms with Crippen LogP contribution in [0.3, 0.4) is 0 Å². The SMILES string of the molecule is CC(=O)N1CCC(C(=O)N2CCC(Cn3cccn3)CC2)CC1. The van der Waals surface area contributed by atoms with Gasteiger partial charge in [-0.3, -0.25) is 14.3 Å². The van der Waals surface area contributed by atoms with Crippen LogP contribution in [0, 0.1) is 11.8 Å². The molecule has 1 aromatic heterocycles. The first-order valence-corrected chi connectivity index (χ1v) is 8.65. The molecule has 0 unspecified atom stereocenters. The Labute approximate surface area is 137 Å². The van der Waals surface area contributed by atoms with Gasteiger partial charge in [0, 0.05) is 58.0 Å². The lowest BCUT2D eigenvalue weighted by molar-refractivity contribution is -0.141. The molecule has 6 heteroatoms. The van der Waals surface area contributed by atoms with Crippen LogP contribution in [0.2, 0.25) is 0 Å². The lowest BCUT2D eigenvalue weighted by atomic mass is 9.92. The molecule has 3 heterocycles. The van der Waals surface area contributed by atoms with E-state index in [1.165, 1.54) is 0 Å². The average Bonchev–Trinajstić information content (AvgIpc) is 3.08. The first-order chi connectivity index (χ1) is 11.1. The molecule has 6 nitrogen and oxygen atoms in total. The molecule has 126 valence electrons. The molecule has 3 rings (SSSR count). The van der Waals surface area contributed by atoms with E-state index in [2.05, 4.69) is 5.10 Å². The van der Waals surface area contributed by atoms with E-state index < -0.39 is 0 Å². The number of amides is 2. The summed E-state index contributed by atoms with van der Waals surface area (Å²) in [5, 5.41) is 4.26. The van der Waals surface area contributed by atoms with E-state index in [1.54, 1.807) is 6.92 Å². The minimum absolute atomic E-state index is 0.105. The fraction of sp³-hybridized carbons (Fsp3) is 0.706. The van der Waals surface area contributed by atoms with Crippen LogP contribution in [-0.2, 0) is 16.1 Å². The molecule has 2 fully saturated rings. The molecule has 0 aromatic carbocycles. The van der Waals surface area contributed by atoms with Gasteiger partial charge in [-0.05, 0) is 37.7 Å². The highest BCUT2D eigenvalue weighted by Gasteiger charge is 2.31. The van der Waals surface area contributed by atoms with Crippen LogP contribution < -0.4 is 0 Å². The van der Waals surface area contributed by atoms with Crippen molar-refractivity contribution in [3.05, 3.63) is 18.5 Å². The fourth-order valence-corrected chi connectivity index (χ4v) is 3.71. The summed E-state index contributed by atoms with van der Waals surface area (Å²) >= 11 is 0. The van der Waals surface area contributed by atoms with Crippen molar-refractivity contribution in [1.29, 1.82) is 0 Å². The molecule has 0 atom stereocenters. The van der Waals surface area contributed by atoms with E-state index in [1.807, 2.05) is 32.9 Å². The van der Waals surface area contributed by atoms with Crippen LogP contribution in [0.4, 0.5) is 0 Å². The molecule has 2 saturated heterocycles. The van der Waals surface area contributed by atoms with Gasteiger partial charge in [-0.25, -0.2) is 0 Å². The first-order valence-electron chi connectivity index (χ1n) is 8.65. The third-order valence-electron chi connectivity index (χ3n) is 5.22. The third-order valence-corrected chi connectivity index (χ3v) is 5.22. The van der Waals surface area contributed by atoms with Crippen molar-refractivity contribution in [2.24, 2.45) is 11.8 Å². The van der Waals surface area contributed by atoms with Crippen LogP contribution in [0.5, 0.6) is 0 Å². The average molecular weight is 318 g/mol. The molecule has 2 amide bonds. The highest BCUT2D eigenvalue weighted by Crippen LogP contribution is 2.24. The second-order valence-corrected chi connectivity index (χ2v) is 6.78. The number of nitrogens with zero attached hydrogens (tertiary/aromatic N) is 4. The Morgan fingerprint density at radius 2 is 1.70 bits per heavy atom. The van der Waals surface area contributed by atoms with Crippen LogP contribution in [0.25, 0.3) is 0 Å². The minimum Gasteiger partial charge on any atom is -0.343 e. The Hall–Kier alpha value is -1.85. The number of hydrogen-bond acceptors (Lipinski definition) is 3. The monoisotopic (exact) mass is 318 g/mol. The maximum absolute atomic E-state index is 12.7. The van der Waals surface area contributed by atoms with Crippen molar-refractivity contribution in [3.63, 3.8) is 0 Å². The zero-order chi connectivity index (χ0) is 16.2. The van der Waals surface area contributed by atoms with Gasteiger partial charge in [-0.2, -0.15) is 5.10 Å². The van der Waals surface area contributed by atoms with E-state index in [4.69, 9.17) is 0 Å². The van der Waals surface area contributed by atoms with E-state index in [9.17, 15) is 9.59 Å². The summed E-state index contributed by atoms with van der Waals surface area (Å²) < 4.78 is 1.99. The quantitative estimate of drug-likeness (QED) is 0.846. The van der Waals surface area contributed by atoms with Crippen molar-refractivity contribution in [3.8, 4) is 0 Å². The van der Waals surface area contributed by atoms with Gasteiger partial charge in [0.1, 0.15) is 0 Å². The smallest absolute Gasteiger partial charge is 0.225 e. The van der Waals surface area contributed by atoms with Gasteiger partial charge >= 0.3 is 0 Å². The zero-order valence-electron chi connectivity index (χ0n) is 13.9. The molecule has 0 spiro atoms. The summed E-state index contributed by atoms with van der Waals surface area (Å²) in [5.41, 5.74) is 0. The highest BCUT2D eigenvalue weighted by atomic mass is 16.2. The number of piperidine rings is 2. The molecule has 0 saturated carbocycles. The Morgan fingerprint density at radius 3 is 2.26 bits per heavy atom. The minimum atomic E-state index is 0.105. The van der Waals surface area contributed by atoms with Gasteiger partial charge < -0.3 is 9.80 Å². The van der Waals surface area contributed by atoms with E-state index >= 15 is 0 Å². The zero-order valence-corrected chi connectivity index (χ0v) is 13.9. The first kappa shape index (κ1) is 16.0. The lowest BCUT2D eigenvalue weighted by Crippen LogP contribution is -2.46. The second-order valence-electron chi connectivity index (χ2n) is 6.78. The molecule has 0 aliphatic carbocycles. The largest absolute Gasteiger partial charge is 0.343 e. The van der Waals surface area contributed by atoms with Crippen molar-refractivity contribution in [2.45, 2.75) is 39.2 Å². The van der Waals surface area contributed by atoms with E-state index in [0.29, 0.717) is 11.8 Å². The van der Waals surface area contributed by atoms with Gasteiger partial charge in [0.15, 0.2) is 0 Å². The van der Waals surface area contributed by atoms with Crippen LogP contribution >= 0.6 is 0 Å². The Balaban J connectivity index is 1.44. The van der Waals surface area contributed by atoms with Crippen molar-refractivity contribution in [1.82, 2.24) is 19.6 Å². The van der Waals surface area contributed by atoms with Crippen LogP contribution in [0.1, 0.15) is 32.6 Å². The molecule has 0 radical (unpaired) electrons. The Kier molecular flexibility index (Phi) is 4.98. The van der Waals surface area contributed by atoms with Gasteiger partial charge in [-0.1, -0.05) is 0 Å². The van der Waals surface area contributed by atoms with Crippen molar-refractivity contribution >= 4 is 11.8 Å². The molecule has 0 N–H and O–H groups in total. The predicted octanol–water partition coefficient (Wildman–Crippen LogP) is 1.38. The Morgan fingerprint density at radius 1 is 1.04 bits per heavy atom. The normalized spacial score (nSPS) is 20.7. The maximum atomic E-state index is 12.7. The topological polar surface area (TPSA) is 58.4 Å². The summed E-state index contributed by atoms with van der Waals surface area (Å²) in [5.74, 6) is 1.13. The van der Waals surface area contributed by atoms with Gasteiger partial charge in [0.05, 0.1) is 0 Å². The van der Waals surface area contributed by atoms with Crippen LogP contribution in [0.15, 0.2) is 18.5 Å². The molecule has 2 aliphatic rings. The molecule has 23 heavy (non-hydrogen) atoms. The van der Waals surface area contributed by atoms with E-state index in [-0.39, 0.29) is 11.8 Å². The maximum Gasteiger partial charge on any atom is 0.225 e. The molecule has 2 aliphatic heterocycles. The fourth-order valence-electron chi connectivity index (χ4n) is 3.71. The molecule has 1 aromatic rings. The van der Waals surface area contributed by atoms with Gasteiger partial charge in [0.25, 0.3) is 0 Å².